The molecule has 0 radical (unpaired) electrons. The highest BCUT2D eigenvalue weighted by atomic mass is 16.2. The molecule has 1 amide bonds. The number of rotatable bonds is 6. The van der Waals surface area contributed by atoms with Crippen LogP contribution in [0.3, 0.4) is 0 Å². The molecule has 0 heterocycles. The van der Waals surface area contributed by atoms with E-state index in [-0.39, 0.29) is 5.91 Å². The summed E-state index contributed by atoms with van der Waals surface area (Å²) >= 11 is 0. The third kappa shape index (κ3) is 4.42. The number of hydrogen-bond donors (Lipinski definition) is 2. The highest BCUT2D eigenvalue weighted by Crippen LogP contribution is 2.03. The van der Waals surface area contributed by atoms with Gasteiger partial charge < -0.3 is 5.32 Å². The van der Waals surface area contributed by atoms with Gasteiger partial charge >= 0.3 is 0 Å². The average molecular weight is 221 g/mol. The molecule has 88 valence electrons. The zero-order valence-corrected chi connectivity index (χ0v) is 9.86. The number of benzene rings is 1. The van der Waals surface area contributed by atoms with Gasteiger partial charge in [0.05, 0.1) is 6.54 Å². The fraction of sp³-hybridized carbons (Fsp3) is 0.417. The second kappa shape index (κ2) is 6.98. The molecule has 0 fully saturated rings. The Morgan fingerprint density at radius 3 is 2.38 bits per heavy atom. The number of hydrazine groups is 1. The first-order valence-electron chi connectivity index (χ1n) is 5.59. The molecule has 4 heteroatoms. The minimum absolute atomic E-state index is 0.0295. The van der Waals surface area contributed by atoms with Gasteiger partial charge in [0.1, 0.15) is 0 Å². The van der Waals surface area contributed by atoms with Crippen molar-refractivity contribution in [2.45, 2.75) is 13.8 Å². The number of carbonyl (C=O) groups is 1. The lowest BCUT2D eigenvalue weighted by Crippen LogP contribution is -2.42. The Morgan fingerprint density at radius 2 is 1.81 bits per heavy atom. The molecular formula is C12H19N3O. The van der Waals surface area contributed by atoms with Crippen LogP contribution in [0.4, 0.5) is 5.69 Å². The molecule has 0 saturated carbocycles. The first-order valence-corrected chi connectivity index (χ1v) is 5.59. The van der Waals surface area contributed by atoms with Gasteiger partial charge in [-0.05, 0) is 12.1 Å². The summed E-state index contributed by atoms with van der Waals surface area (Å²) in [7, 11) is 0. The molecule has 0 aliphatic carbocycles. The van der Waals surface area contributed by atoms with Crippen molar-refractivity contribution in [3.05, 3.63) is 30.3 Å². The summed E-state index contributed by atoms with van der Waals surface area (Å²) < 4.78 is 0. The van der Waals surface area contributed by atoms with E-state index >= 15 is 0 Å². The van der Waals surface area contributed by atoms with Crippen LogP contribution in [-0.2, 0) is 4.79 Å². The fourth-order valence-corrected chi connectivity index (χ4v) is 1.36. The SMILES string of the molecule is CCN(CC)NCC(=O)Nc1ccccc1. The van der Waals surface area contributed by atoms with Crippen molar-refractivity contribution in [1.82, 2.24) is 10.4 Å². The molecule has 0 saturated heterocycles. The first-order chi connectivity index (χ1) is 7.76. The maximum atomic E-state index is 11.5. The standard InChI is InChI=1S/C12H19N3O/c1-3-15(4-2)13-10-12(16)14-11-8-6-5-7-9-11/h5-9,13H,3-4,10H2,1-2H3,(H,14,16). The van der Waals surface area contributed by atoms with Gasteiger partial charge in [-0.25, -0.2) is 10.4 Å². The van der Waals surface area contributed by atoms with Crippen LogP contribution < -0.4 is 10.7 Å². The maximum absolute atomic E-state index is 11.5. The molecule has 0 unspecified atom stereocenters. The van der Waals surface area contributed by atoms with Gasteiger partial charge in [0.15, 0.2) is 0 Å². The van der Waals surface area contributed by atoms with Crippen molar-refractivity contribution in [2.24, 2.45) is 0 Å². The van der Waals surface area contributed by atoms with Gasteiger partial charge in [-0.15, -0.1) is 0 Å². The molecular weight excluding hydrogens is 202 g/mol. The molecule has 1 aromatic carbocycles. The number of carbonyl (C=O) groups excluding carboxylic acids is 1. The molecule has 1 aromatic rings. The third-order valence-corrected chi connectivity index (χ3v) is 2.28. The molecule has 2 N–H and O–H groups in total. The van der Waals surface area contributed by atoms with Crippen molar-refractivity contribution < 1.29 is 4.79 Å². The summed E-state index contributed by atoms with van der Waals surface area (Å²) in [4.78, 5) is 11.5. The number of nitrogens with zero attached hydrogens (tertiary/aromatic N) is 1. The molecule has 1 rings (SSSR count). The van der Waals surface area contributed by atoms with E-state index in [0.717, 1.165) is 18.8 Å². The zero-order chi connectivity index (χ0) is 11.8. The summed E-state index contributed by atoms with van der Waals surface area (Å²) in [6, 6.07) is 9.45. The summed E-state index contributed by atoms with van der Waals surface area (Å²) in [5.41, 5.74) is 3.89. The average Bonchev–Trinajstić information content (AvgIpc) is 2.31. The van der Waals surface area contributed by atoms with Gasteiger partial charge in [0, 0.05) is 18.8 Å². The second-order valence-electron chi connectivity index (χ2n) is 3.42. The van der Waals surface area contributed by atoms with Crippen LogP contribution in [0.25, 0.3) is 0 Å². The van der Waals surface area contributed by atoms with Gasteiger partial charge in [0.2, 0.25) is 5.91 Å². The monoisotopic (exact) mass is 221 g/mol. The van der Waals surface area contributed by atoms with Gasteiger partial charge in [-0.3, -0.25) is 4.79 Å². The minimum atomic E-state index is -0.0295. The molecule has 0 bridgehead atoms. The van der Waals surface area contributed by atoms with Crippen LogP contribution in [0, 0.1) is 0 Å². The molecule has 0 atom stereocenters. The lowest BCUT2D eigenvalue weighted by atomic mass is 10.3. The van der Waals surface area contributed by atoms with E-state index in [1.54, 1.807) is 0 Å². The van der Waals surface area contributed by atoms with Crippen LogP contribution in [0.1, 0.15) is 13.8 Å². The Labute approximate surface area is 96.6 Å². The zero-order valence-electron chi connectivity index (χ0n) is 9.86. The van der Waals surface area contributed by atoms with E-state index in [4.69, 9.17) is 0 Å². The van der Waals surface area contributed by atoms with Crippen molar-refractivity contribution in [3.8, 4) is 0 Å². The van der Waals surface area contributed by atoms with Crippen molar-refractivity contribution in [3.63, 3.8) is 0 Å². The Kier molecular flexibility index (Phi) is 5.53. The van der Waals surface area contributed by atoms with Crippen LogP contribution in [0.15, 0.2) is 30.3 Å². The summed E-state index contributed by atoms with van der Waals surface area (Å²) in [6.45, 7) is 6.16. The molecule has 16 heavy (non-hydrogen) atoms. The smallest absolute Gasteiger partial charge is 0.239 e. The van der Waals surface area contributed by atoms with E-state index in [0.29, 0.717) is 6.54 Å². The lowest BCUT2D eigenvalue weighted by molar-refractivity contribution is -0.116. The maximum Gasteiger partial charge on any atom is 0.239 e. The fourth-order valence-electron chi connectivity index (χ4n) is 1.36. The third-order valence-electron chi connectivity index (χ3n) is 2.28. The van der Waals surface area contributed by atoms with Crippen LogP contribution >= 0.6 is 0 Å². The Hall–Kier alpha value is -1.39. The summed E-state index contributed by atoms with van der Waals surface area (Å²) in [5.74, 6) is -0.0295. The Bertz CT molecular complexity index is 309. The molecule has 4 nitrogen and oxygen atoms in total. The highest BCUT2D eigenvalue weighted by molar-refractivity contribution is 5.92. The molecule has 0 aliphatic heterocycles. The van der Waals surface area contributed by atoms with Crippen LogP contribution in [0.2, 0.25) is 0 Å². The van der Waals surface area contributed by atoms with Gasteiger partial charge in [0.25, 0.3) is 0 Å². The number of nitrogens with one attached hydrogen (secondary N) is 2. The summed E-state index contributed by atoms with van der Waals surface area (Å²) in [5, 5.41) is 4.81. The number of anilines is 1. The van der Waals surface area contributed by atoms with Crippen molar-refractivity contribution in [2.75, 3.05) is 25.0 Å². The lowest BCUT2D eigenvalue weighted by Gasteiger charge is -2.18. The normalized spacial score (nSPS) is 10.4. The minimum Gasteiger partial charge on any atom is -0.325 e. The first kappa shape index (κ1) is 12.7. The molecule has 0 spiro atoms. The quantitative estimate of drug-likeness (QED) is 0.715. The van der Waals surface area contributed by atoms with Gasteiger partial charge in [-0.2, -0.15) is 0 Å². The van der Waals surface area contributed by atoms with E-state index in [1.807, 2.05) is 49.2 Å². The van der Waals surface area contributed by atoms with Crippen molar-refractivity contribution in [1.29, 1.82) is 0 Å². The Morgan fingerprint density at radius 1 is 1.19 bits per heavy atom. The number of hydrogen-bond acceptors (Lipinski definition) is 3. The van der Waals surface area contributed by atoms with Gasteiger partial charge in [-0.1, -0.05) is 32.0 Å². The van der Waals surface area contributed by atoms with Crippen LogP contribution in [0.5, 0.6) is 0 Å². The van der Waals surface area contributed by atoms with Crippen molar-refractivity contribution >= 4 is 11.6 Å². The van der Waals surface area contributed by atoms with E-state index < -0.39 is 0 Å². The van der Waals surface area contributed by atoms with E-state index in [1.165, 1.54) is 0 Å². The van der Waals surface area contributed by atoms with E-state index in [2.05, 4.69) is 10.7 Å². The van der Waals surface area contributed by atoms with Crippen LogP contribution in [-0.4, -0.2) is 30.6 Å². The number of amides is 1. The molecule has 0 aromatic heterocycles. The predicted molar refractivity (Wildman–Crippen MR) is 66.0 cm³/mol. The second-order valence-corrected chi connectivity index (χ2v) is 3.42. The Balaban J connectivity index is 2.31. The topological polar surface area (TPSA) is 44.4 Å². The van der Waals surface area contributed by atoms with E-state index in [9.17, 15) is 4.79 Å². The molecule has 0 aliphatic rings. The number of para-hydroxylation sites is 1. The largest absolute Gasteiger partial charge is 0.325 e. The highest BCUT2D eigenvalue weighted by Gasteiger charge is 2.03. The summed E-state index contributed by atoms with van der Waals surface area (Å²) in [6.07, 6.45) is 0. The predicted octanol–water partition coefficient (Wildman–Crippen LogP) is 1.47.